The summed E-state index contributed by atoms with van der Waals surface area (Å²) in [7, 11) is 0.0650. The Morgan fingerprint density at radius 3 is 1.70 bits per heavy atom. The van der Waals surface area contributed by atoms with Gasteiger partial charge in [0.15, 0.2) is 0 Å². The van der Waals surface area contributed by atoms with Crippen LogP contribution in [0.15, 0.2) is 30.3 Å². The summed E-state index contributed by atoms with van der Waals surface area (Å²) in [6, 6.07) is 10.3. The van der Waals surface area contributed by atoms with Crippen molar-refractivity contribution in [3.8, 4) is 0 Å². The van der Waals surface area contributed by atoms with Crippen LogP contribution in [-0.4, -0.2) is 0 Å². The fourth-order valence-corrected chi connectivity index (χ4v) is 0.534. The zero-order valence-electron chi connectivity index (χ0n) is 5.85. The molecule has 1 aromatic rings. The molecule has 0 aliphatic rings. The second-order valence-electron chi connectivity index (χ2n) is 1.76. The first-order valence-electron chi connectivity index (χ1n) is 2.95. The van der Waals surface area contributed by atoms with E-state index in [1.54, 1.807) is 0 Å². The number of aryl methyl sites for hydroxylation is 1. The summed E-state index contributed by atoms with van der Waals surface area (Å²) in [4.78, 5) is 0. The van der Waals surface area contributed by atoms with Crippen LogP contribution in [0, 0.1) is 6.92 Å². The Morgan fingerprint density at radius 2 is 1.50 bits per heavy atom. The van der Waals surface area contributed by atoms with Gasteiger partial charge >= 0.3 is 49.6 Å². The van der Waals surface area contributed by atoms with Gasteiger partial charge in [-0.2, -0.15) is 0 Å². The van der Waals surface area contributed by atoms with Gasteiger partial charge in [-0.05, 0) is 6.92 Å². The Labute approximate surface area is 91.1 Å². The van der Waals surface area contributed by atoms with Crippen LogP contribution >= 0.6 is 39.5 Å². The minimum absolute atomic E-state index is 0.0650. The molecule has 52 valence electrons. The molecule has 0 saturated heterocycles. The molecule has 1 aromatic carbocycles. The van der Waals surface area contributed by atoms with E-state index in [0.29, 0.717) is 0 Å². The molecule has 0 heterocycles. The van der Waals surface area contributed by atoms with Crippen molar-refractivity contribution < 1.29 is 10.1 Å². The van der Waals surface area contributed by atoms with Crippen LogP contribution in [-0.2, 0) is 10.1 Å². The van der Waals surface area contributed by atoms with E-state index in [4.69, 9.17) is 0 Å². The summed E-state index contributed by atoms with van der Waals surface area (Å²) in [5.74, 6) is 0. The maximum absolute atomic E-state index is 2.46. The third-order valence-electron chi connectivity index (χ3n) is 0.940. The van der Waals surface area contributed by atoms with Crippen LogP contribution in [0.3, 0.4) is 0 Å². The van der Waals surface area contributed by atoms with Gasteiger partial charge in [0.1, 0.15) is 0 Å². The Morgan fingerprint density at radius 1 is 1.10 bits per heavy atom. The molecule has 0 spiro atoms. The summed E-state index contributed by atoms with van der Waals surface area (Å²) in [5, 5.41) is 0. The monoisotopic (exact) mass is 410 g/mol. The molecule has 0 fully saturated rings. The fraction of sp³-hybridized carbons (Fsp3) is 0.143. The van der Waals surface area contributed by atoms with Gasteiger partial charge in [0.05, 0.1) is 0 Å². The van der Waals surface area contributed by atoms with Crippen LogP contribution in [0.25, 0.3) is 0 Å². The molecule has 0 aliphatic heterocycles. The molecule has 0 aliphatic carbocycles. The van der Waals surface area contributed by atoms with E-state index in [0.717, 1.165) is 0 Å². The molecular weight excluding hydrogens is 403 g/mol. The maximum atomic E-state index is 2.46. The molecule has 0 radical (unpaired) electrons. The van der Waals surface area contributed by atoms with Crippen LogP contribution in [0.5, 0.6) is 0 Å². The van der Waals surface area contributed by atoms with E-state index in [1.807, 2.05) is 18.2 Å². The molecule has 3 heteroatoms. The predicted octanol–water partition coefficient (Wildman–Crippen LogP) is 3.76. The van der Waals surface area contributed by atoms with Gasteiger partial charge < -0.3 is 0 Å². The molecular formula is C7H8I2Zn. The van der Waals surface area contributed by atoms with Crippen LogP contribution in [0.4, 0.5) is 0 Å². The van der Waals surface area contributed by atoms with Gasteiger partial charge in [-0.15, -0.1) is 0 Å². The Hall–Kier alpha value is 1.30. The van der Waals surface area contributed by atoms with Crippen molar-refractivity contribution in [2.45, 2.75) is 6.92 Å². The van der Waals surface area contributed by atoms with Crippen molar-refractivity contribution in [2.75, 3.05) is 0 Å². The second kappa shape index (κ2) is 8.40. The third kappa shape index (κ3) is 7.41. The molecule has 0 amide bonds. The number of halogens is 2. The first-order chi connectivity index (χ1) is 4.81. The summed E-state index contributed by atoms with van der Waals surface area (Å²) in [5.41, 5.74) is 1.32. The van der Waals surface area contributed by atoms with Crippen molar-refractivity contribution in [1.82, 2.24) is 0 Å². The normalized spacial score (nSPS) is 7.10. The number of rotatable bonds is 0. The van der Waals surface area contributed by atoms with Crippen LogP contribution in [0.2, 0.25) is 0 Å². The van der Waals surface area contributed by atoms with Crippen molar-refractivity contribution >= 4 is 39.5 Å². The molecule has 1 rings (SSSR count). The Balaban J connectivity index is 0.000000236. The van der Waals surface area contributed by atoms with Crippen molar-refractivity contribution in [2.24, 2.45) is 0 Å². The summed E-state index contributed by atoms with van der Waals surface area (Å²) in [6.07, 6.45) is 0. The molecule has 0 saturated carbocycles. The molecule has 0 bridgehead atoms. The summed E-state index contributed by atoms with van der Waals surface area (Å²) >= 11 is 4.93. The Bertz CT molecular complexity index is 153. The SMILES string of the molecule is Cc1ccccc1.[I][Zn][I]. The number of hydrogen-bond acceptors (Lipinski definition) is 0. The van der Waals surface area contributed by atoms with E-state index in [-0.39, 0.29) is 10.1 Å². The van der Waals surface area contributed by atoms with Gasteiger partial charge in [0.25, 0.3) is 0 Å². The van der Waals surface area contributed by atoms with Crippen molar-refractivity contribution in [3.05, 3.63) is 35.9 Å². The summed E-state index contributed by atoms with van der Waals surface area (Å²) < 4.78 is 0. The zero-order valence-corrected chi connectivity index (χ0v) is 13.1. The number of hydrogen-bond donors (Lipinski definition) is 0. The Kier molecular flexibility index (Phi) is 9.50. The molecule has 0 aromatic heterocycles. The average Bonchev–Trinajstić information content (AvgIpc) is 1.91. The molecule has 0 nitrogen and oxygen atoms in total. The summed E-state index contributed by atoms with van der Waals surface area (Å²) in [6.45, 7) is 2.08. The van der Waals surface area contributed by atoms with E-state index in [2.05, 4.69) is 58.6 Å². The topological polar surface area (TPSA) is 0 Å². The van der Waals surface area contributed by atoms with Gasteiger partial charge in [-0.1, -0.05) is 35.9 Å². The van der Waals surface area contributed by atoms with Crippen molar-refractivity contribution in [1.29, 1.82) is 0 Å². The third-order valence-corrected chi connectivity index (χ3v) is 0.940. The average molecular weight is 411 g/mol. The van der Waals surface area contributed by atoms with Gasteiger partial charge in [-0.25, -0.2) is 0 Å². The zero-order chi connectivity index (χ0) is 7.82. The number of benzene rings is 1. The van der Waals surface area contributed by atoms with Crippen LogP contribution < -0.4 is 0 Å². The first kappa shape index (κ1) is 11.3. The van der Waals surface area contributed by atoms with Crippen LogP contribution in [0.1, 0.15) is 5.56 Å². The molecule has 10 heavy (non-hydrogen) atoms. The molecule has 0 unspecified atom stereocenters. The van der Waals surface area contributed by atoms with Gasteiger partial charge in [0.2, 0.25) is 0 Å². The first-order valence-corrected chi connectivity index (χ1v) is 21.0. The van der Waals surface area contributed by atoms with Gasteiger partial charge in [-0.3, -0.25) is 0 Å². The predicted molar refractivity (Wildman–Crippen MR) is 59.2 cm³/mol. The standard InChI is InChI=1S/C7H8.2HI.Zn/c1-7-5-3-2-4-6-7;;;/h2-6H,1H3;2*1H;/q;;;+2/p-2. The van der Waals surface area contributed by atoms with E-state index < -0.39 is 0 Å². The van der Waals surface area contributed by atoms with Gasteiger partial charge in [0, 0.05) is 0 Å². The molecule has 0 atom stereocenters. The van der Waals surface area contributed by atoms with E-state index in [9.17, 15) is 0 Å². The second-order valence-corrected chi connectivity index (χ2v) is 25.3. The van der Waals surface area contributed by atoms with Crippen molar-refractivity contribution in [3.63, 3.8) is 0 Å². The fourth-order valence-electron chi connectivity index (χ4n) is 0.534. The quantitative estimate of drug-likeness (QED) is 0.451. The molecule has 0 N–H and O–H groups in total. The van der Waals surface area contributed by atoms with E-state index in [1.165, 1.54) is 5.56 Å². The van der Waals surface area contributed by atoms with E-state index >= 15 is 0 Å². The minimum atomic E-state index is 0.0650.